The molecular weight excluding hydrogens is 192 g/mol. The molecule has 0 aliphatic carbocycles. The molecule has 1 rings (SSSR count). The van der Waals surface area contributed by atoms with Crippen LogP contribution in [0.2, 0.25) is 0 Å². The maximum Gasteiger partial charge on any atom is 0.410 e. The normalized spacial score (nSPS) is 10.4. The van der Waals surface area contributed by atoms with Gasteiger partial charge in [0.05, 0.1) is 31.6 Å². The summed E-state index contributed by atoms with van der Waals surface area (Å²) in [7, 11) is 0. The zero-order valence-corrected chi connectivity index (χ0v) is 7.37. The lowest BCUT2D eigenvalue weighted by Crippen LogP contribution is -2.08. The fraction of sp³-hybridized carbons (Fsp3) is 0.667. The van der Waals surface area contributed by atoms with Crippen molar-refractivity contribution < 1.29 is 14.8 Å². The van der Waals surface area contributed by atoms with E-state index in [0.29, 0.717) is 13.2 Å². The summed E-state index contributed by atoms with van der Waals surface area (Å²) < 4.78 is 6.26. The van der Waals surface area contributed by atoms with Gasteiger partial charge < -0.3 is 20.0 Å². The number of rotatable bonds is 6. The average Bonchev–Trinajstić information content (AvgIpc) is 2.61. The maximum absolute atomic E-state index is 10.2. The van der Waals surface area contributed by atoms with Gasteiger partial charge in [-0.2, -0.15) is 0 Å². The minimum atomic E-state index is -0.613. The Labute approximate surface area is 79.2 Å². The van der Waals surface area contributed by atoms with Gasteiger partial charge in [-0.15, -0.1) is 0 Å². The monoisotopic (exact) mass is 202 g/mol. The van der Waals surface area contributed by atoms with E-state index in [0.717, 1.165) is 0 Å². The van der Waals surface area contributed by atoms with Gasteiger partial charge in [0, 0.05) is 0 Å². The molecule has 1 heterocycles. The molecule has 0 fully saturated rings. The molecule has 0 aromatic carbocycles. The van der Waals surface area contributed by atoms with Gasteiger partial charge in [0.15, 0.2) is 0 Å². The lowest BCUT2D eigenvalue weighted by molar-refractivity contribution is -0.389. The molecule has 1 aromatic heterocycles. The van der Waals surface area contributed by atoms with Gasteiger partial charge in [-0.1, -0.05) is 0 Å². The first kappa shape index (κ1) is 10.5. The van der Waals surface area contributed by atoms with Crippen molar-refractivity contribution in [2.24, 2.45) is 0 Å². The van der Waals surface area contributed by atoms with Crippen LogP contribution >= 0.6 is 0 Å². The van der Waals surface area contributed by atoms with Crippen LogP contribution in [-0.2, 0) is 11.3 Å². The summed E-state index contributed by atoms with van der Waals surface area (Å²) in [6.07, 6.45) is 1.22. The number of hydrogen-bond acceptors (Lipinski definition) is 6. The highest BCUT2D eigenvalue weighted by molar-refractivity contribution is 5.08. The molecule has 0 bridgehead atoms. The Bertz CT molecular complexity index is 300. The van der Waals surface area contributed by atoms with Crippen LogP contribution < -0.4 is 0 Å². The summed E-state index contributed by atoms with van der Waals surface area (Å²) >= 11 is 0. The Hall–Kier alpha value is -1.54. The minimum absolute atomic E-state index is 0.0441. The molecule has 0 spiro atoms. The van der Waals surface area contributed by atoms with Gasteiger partial charge in [-0.25, -0.2) is 4.68 Å². The molecule has 8 nitrogen and oxygen atoms in total. The van der Waals surface area contributed by atoms with E-state index in [2.05, 4.69) is 10.3 Å². The average molecular weight is 202 g/mol. The summed E-state index contributed by atoms with van der Waals surface area (Å²) in [5.41, 5.74) is 0. The highest BCUT2D eigenvalue weighted by atomic mass is 16.6. The zero-order valence-electron chi connectivity index (χ0n) is 7.37. The van der Waals surface area contributed by atoms with Crippen molar-refractivity contribution in [1.82, 2.24) is 15.0 Å². The van der Waals surface area contributed by atoms with E-state index < -0.39 is 4.92 Å². The predicted octanol–water partition coefficient (Wildman–Crippen LogP) is -0.805. The molecule has 0 amide bonds. The number of aromatic nitrogens is 3. The van der Waals surface area contributed by atoms with Crippen LogP contribution in [0.25, 0.3) is 0 Å². The Kier molecular flexibility index (Phi) is 3.95. The van der Waals surface area contributed by atoms with E-state index >= 15 is 0 Å². The van der Waals surface area contributed by atoms with Crippen LogP contribution in [0.1, 0.15) is 0 Å². The Morgan fingerprint density at radius 3 is 3.00 bits per heavy atom. The van der Waals surface area contributed by atoms with Gasteiger partial charge in [0.2, 0.25) is 0 Å². The Morgan fingerprint density at radius 2 is 2.43 bits per heavy atom. The van der Waals surface area contributed by atoms with Gasteiger partial charge in [-0.3, -0.25) is 0 Å². The lowest BCUT2D eigenvalue weighted by atomic mass is 10.6. The second-order valence-electron chi connectivity index (χ2n) is 2.43. The summed E-state index contributed by atoms with van der Waals surface area (Å²) in [6.45, 7) is 0.913. The number of ether oxygens (including phenoxy) is 1. The second kappa shape index (κ2) is 5.25. The smallest absolute Gasteiger partial charge is 0.394 e. The molecule has 0 saturated heterocycles. The summed E-state index contributed by atoms with van der Waals surface area (Å²) in [5, 5.41) is 25.4. The van der Waals surface area contributed by atoms with Crippen molar-refractivity contribution in [1.29, 1.82) is 0 Å². The van der Waals surface area contributed by atoms with Crippen molar-refractivity contribution in [3.05, 3.63) is 16.3 Å². The minimum Gasteiger partial charge on any atom is -0.394 e. The van der Waals surface area contributed by atoms with Crippen molar-refractivity contribution >= 4 is 5.82 Å². The third kappa shape index (κ3) is 3.07. The molecule has 0 atom stereocenters. The van der Waals surface area contributed by atoms with Gasteiger partial charge in [0.25, 0.3) is 0 Å². The second-order valence-corrected chi connectivity index (χ2v) is 2.43. The van der Waals surface area contributed by atoms with E-state index in [1.807, 2.05) is 0 Å². The molecule has 78 valence electrons. The lowest BCUT2D eigenvalue weighted by Gasteiger charge is -1.99. The van der Waals surface area contributed by atoms with Crippen LogP contribution in [0.4, 0.5) is 5.82 Å². The SMILES string of the molecule is O=[N+]([O-])c1cn(CCOCCO)nn1. The largest absolute Gasteiger partial charge is 0.410 e. The summed E-state index contributed by atoms with van der Waals surface area (Å²) in [4.78, 5) is 9.60. The number of aliphatic hydroxyl groups excluding tert-OH is 1. The molecule has 1 aromatic rings. The number of hydrogen-bond donors (Lipinski definition) is 1. The molecule has 0 unspecified atom stereocenters. The number of aliphatic hydroxyl groups is 1. The summed E-state index contributed by atoms with van der Waals surface area (Å²) in [6, 6.07) is 0. The van der Waals surface area contributed by atoms with Gasteiger partial charge in [-0.05, 0) is 4.92 Å². The van der Waals surface area contributed by atoms with Crippen LogP contribution in [0.5, 0.6) is 0 Å². The number of nitrogens with zero attached hydrogens (tertiary/aromatic N) is 4. The Morgan fingerprint density at radius 1 is 1.64 bits per heavy atom. The fourth-order valence-electron chi connectivity index (χ4n) is 0.806. The molecule has 0 aliphatic heterocycles. The van der Waals surface area contributed by atoms with Crippen LogP contribution in [0.3, 0.4) is 0 Å². The Balaban J connectivity index is 2.33. The van der Waals surface area contributed by atoms with Crippen molar-refractivity contribution in [2.45, 2.75) is 6.54 Å². The van der Waals surface area contributed by atoms with Crippen LogP contribution in [-0.4, -0.2) is 44.8 Å². The summed E-state index contributed by atoms with van der Waals surface area (Å²) in [5.74, 6) is -0.285. The maximum atomic E-state index is 10.2. The van der Waals surface area contributed by atoms with E-state index in [4.69, 9.17) is 9.84 Å². The molecule has 0 saturated carbocycles. The van der Waals surface area contributed by atoms with Crippen molar-refractivity contribution in [3.63, 3.8) is 0 Å². The first-order valence-electron chi connectivity index (χ1n) is 3.97. The molecule has 1 N–H and O–H groups in total. The van der Waals surface area contributed by atoms with Crippen LogP contribution in [0.15, 0.2) is 6.20 Å². The van der Waals surface area contributed by atoms with Crippen molar-refractivity contribution in [3.8, 4) is 0 Å². The van der Waals surface area contributed by atoms with Crippen molar-refractivity contribution in [2.75, 3.05) is 19.8 Å². The zero-order chi connectivity index (χ0) is 10.4. The van der Waals surface area contributed by atoms with Crippen LogP contribution in [0, 0.1) is 10.1 Å². The predicted molar refractivity (Wildman–Crippen MR) is 44.6 cm³/mol. The third-order valence-corrected chi connectivity index (χ3v) is 1.41. The molecule has 0 aliphatic rings. The molecule has 8 heteroatoms. The van der Waals surface area contributed by atoms with E-state index in [9.17, 15) is 10.1 Å². The highest BCUT2D eigenvalue weighted by Gasteiger charge is 2.11. The van der Waals surface area contributed by atoms with E-state index in [-0.39, 0.29) is 19.0 Å². The van der Waals surface area contributed by atoms with E-state index in [1.165, 1.54) is 10.9 Å². The quantitative estimate of drug-likeness (QED) is 0.367. The topological polar surface area (TPSA) is 103 Å². The molecule has 14 heavy (non-hydrogen) atoms. The molecular formula is C6H10N4O4. The van der Waals surface area contributed by atoms with Gasteiger partial charge in [0.1, 0.15) is 11.3 Å². The highest BCUT2D eigenvalue weighted by Crippen LogP contribution is 2.02. The first-order chi connectivity index (χ1) is 6.74. The standard InChI is InChI=1S/C6H10N4O4/c11-2-4-14-3-1-9-5-6(7-8-9)10(12)13/h5,11H,1-4H2. The van der Waals surface area contributed by atoms with Gasteiger partial charge >= 0.3 is 5.82 Å². The number of nitro groups is 1. The van der Waals surface area contributed by atoms with E-state index in [1.54, 1.807) is 0 Å². The fourth-order valence-corrected chi connectivity index (χ4v) is 0.806. The first-order valence-corrected chi connectivity index (χ1v) is 3.97. The molecule has 0 radical (unpaired) electrons. The third-order valence-electron chi connectivity index (χ3n) is 1.41.